The van der Waals surface area contributed by atoms with Gasteiger partial charge in [0.05, 0.1) is 5.92 Å². The van der Waals surface area contributed by atoms with Crippen LogP contribution in [0.4, 0.5) is 19.0 Å². The predicted molar refractivity (Wildman–Crippen MR) is 95.1 cm³/mol. The van der Waals surface area contributed by atoms with Crippen LogP contribution in [0.15, 0.2) is 42.5 Å². The molecule has 1 aromatic heterocycles. The maximum atomic E-state index is 12.9. The summed E-state index contributed by atoms with van der Waals surface area (Å²) in [5.41, 5.74) is 1.55. The lowest BCUT2D eigenvalue weighted by molar-refractivity contribution is -0.141. The van der Waals surface area contributed by atoms with E-state index in [-0.39, 0.29) is 17.6 Å². The Bertz CT molecular complexity index is 852. The lowest BCUT2D eigenvalue weighted by Gasteiger charge is -2.31. The van der Waals surface area contributed by atoms with Crippen LogP contribution in [-0.2, 0) is 23.9 Å². The van der Waals surface area contributed by atoms with Gasteiger partial charge >= 0.3 is 6.18 Å². The Balaban J connectivity index is 1.43. The number of alkyl halides is 3. The quantitative estimate of drug-likeness (QED) is 0.806. The Morgan fingerprint density at radius 2 is 1.81 bits per heavy atom. The van der Waals surface area contributed by atoms with E-state index in [0.29, 0.717) is 32.6 Å². The number of pyridine rings is 1. The number of carbonyl (C=O) groups excluding carboxylic acids is 1. The smallest absolute Gasteiger partial charge is 0.356 e. The van der Waals surface area contributed by atoms with Crippen LogP contribution in [0.25, 0.3) is 0 Å². The average Bonchev–Trinajstić information content (AvgIpc) is 3.17. The molecular formula is C20H20F3N3O. The maximum Gasteiger partial charge on any atom is 0.433 e. The normalized spacial score (nSPS) is 19.9. The van der Waals surface area contributed by atoms with Gasteiger partial charge in [-0.25, -0.2) is 4.98 Å². The van der Waals surface area contributed by atoms with E-state index in [2.05, 4.69) is 11.1 Å². The lowest BCUT2D eigenvalue weighted by Crippen LogP contribution is -2.40. The lowest BCUT2D eigenvalue weighted by atomic mass is 9.98. The van der Waals surface area contributed by atoms with Crippen molar-refractivity contribution in [1.82, 2.24) is 9.88 Å². The van der Waals surface area contributed by atoms with Crippen LogP contribution in [0.5, 0.6) is 0 Å². The van der Waals surface area contributed by atoms with Crippen LogP contribution in [0.3, 0.4) is 0 Å². The van der Waals surface area contributed by atoms with E-state index < -0.39 is 11.9 Å². The molecule has 4 rings (SSSR count). The minimum atomic E-state index is -4.47. The van der Waals surface area contributed by atoms with E-state index in [0.717, 1.165) is 12.5 Å². The standard InChI is InChI=1S/C20H20F3N3O/c21-20(22,23)17-6-3-7-18(24-17)25-10-9-16(13-25)19(27)26-11-8-14-4-1-2-5-15(14)12-26/h1-7,16H,8-13H2. The van der Waals surface area contributed by atoms with Gasteiger partial charge < -0.3 is 9.80 Å². The molecule has 1 fully saturated rings. The molecule has 7 heteroatoms. The molecule has 4 nitrogen and oxygen atoms in total. The highest BCUT2D eigenvalue weighted by Gasteiger charge is 2.35. The van der Waals surface area contributed by atoms with Crippen molar-refractivity contribution in [3.8, 4) is 0 Å². The third kappa shape index (κ3) is 3.63. The summed E-state index contributed by atoms with van der Waals surface area (Å²) in [7, 11) is 0. The first-order valence-electron chi connectivity index (χ1n) is 9.06. The number of rotatable bonds is 2. The van der Waals surface area contributed by atoms with E-state index in [9.17, 15) is 18.0 Å². The van der Waals surface area contributed by atoms with E-state index in [1.165, 1.54) is 17.2 Å². The first kappa shape index (κ1) is 17.8. The number of anilines is 1. The van der Waals surface area contributed by atoms with Crippen LogP contribution in [0.2, 0.25) is 0 Å². The molecule has 1 atom stereocenters. The second-order valence-corrected chi connectivity index (χ2v) is 7.09. The van der Waals surface area contributed by atoms with Crippen molar-refractivity contribution in [2.75, 3.05) is 24.5 Å². The maximum absolute atomic E-state index is 12.9. The summed E-state index contributed by atoms with van der Waals surface area (Å²) in [6.07, 6.45) is -2.99. The molecule has 1 aromatic carbocycles. The van der Waals surface area contributed by atoms with Crippen molar-refractivity contribution < 1.29 is 18.0 Å². The van der Waals surface area contributed by atoms with Gasteiger partial charge in [0.25, 0.3) is 0 Å². The fourth-order valence-electron chi connectivity index (χ4n) is 3.87. The van der Waals surface area contributed by atoms with Gasteiger partial charge in [0.2, 0.25) is 5.91 Å². The van der Waals surface area contributed by atoms with Gasteiger partial charge in [0.1, 0.15) is 11.5 Å². The van der Waals surface area contributed by atoms with Crippen molar-refractivity contribution >= 4 is 11.7 Å². The van der Waals surface area contributed by atoms with Crippen molar-refractivity contribution in [3.05, 3.63) is 59.3 Å². The monoisotopic (exact) mass is 375 g/mol. The number of carbonyl (C=O) groups is 1. The number of hydrogen-bond acceptors (Lipinski definition) is 3. The molecule has 142 valence electrons. The first-order valence-corrected chi connectivity index (χ1v) is 9.06. The van der Waals surface area contributed by atoms with Gasteiger partial charge in [0.15, 0.2) is 0 Å². The Kier molecular flexibility index (Phi) is 4.53. The van der Waals surface area contributed by atoms with E-state index in [1.54, 1.807) is 11.0 Å². The summed E-state index contributed by atoms with van der Waals surface area (Å²) in [4.78, 5) is 20.3. The number of hydrogen-bond donors (Lipinski definition) is 0. The van der Waals surface area contributed by atoms with Gasteiger partial charge in [-0.15, -0.1) is 0 Å². The van der Waals surface area contributed by atoms with Crippen molar-refractivity contribution in [1.29, 1.82) is 0 Å². The molecule has 1 amide bonds. The molecule has 3 heterocycles. The fraction of sp³-hybridized carbons (Fsp3) is 0.400. The van der Waals surface area contributed by atoms with E-state index in [4.69, 9.17) is 0 Å². The second-order valence-electron chi connectivity index (χ2n) is 7.09. The fourth-order valence-corrected chi connectivity index (χ4v) is 3.87. The van der Waals surface area contributed by atoms with E-state index in [1.807, 2.05) is 23.1 Å². The van der Waals surface area contributed by atoms with Gasteiger partial charge in [0, 0.05) is 26.2 Å². The minimum absolute atomic E-state index is 0.0824. The summed E-state index contributed by atoms with van der Waals surface area (Å²) < 4.78 is 38.6. The van der Waals surface area contributed by atoms with Gasteiger partial charge in [-0.1, -0.05) is 30.3 Å². The summed E-state index contributed by atoms with van der Waals surface area (Å²) >= 11 is 0. The Morgan fingerprint density at radius 3 is 2.59 bits per heavy atom. The summed E-state index contributed by atoms with van der Waals surface area (Å²) in [5, 5.41) is 0. The number of halogens is 3. The van der Waals surface area contributed by atoms with E-state index >= 15 is 0 Å². The third-order valence-electron chi connectivity index (χ3n) is 5.33. The number of nitrogens with zero attached hydrogens (tertiary/aromatic N) is 3. The third-order valence-corrected chi connectivity index (χ3v) is 5.33. The van der Waals surface area contributed by atoms with Crippen molar-refractivity contribution in [2.45, 2.75) is 25.6 Å². The molecule has 0 radical (unpaired) electrons. The molecule has 1 unspecified atom stereocenters. The second kappa shape index (κ2) is 6.87. The molecule has 1 saturated heterocycles. The first-order chi connectivity index (χ1) is 12.9. The molecular weight excluding hydrogens is 355 g/mol. The average molecular weight is 375 g/mol. The topological polar surface area (TPSA) is 36.4 Å². The SMILES string of the molecule is O=C(C1CCN(c2cccc(C(F)(F)F)n2)C1)N1CCc2ccccc2C1. The van der Waals surface area contributed by atoms with Crippen LogP contribution in [0, 0.1) is 5.92 Å². The zero-order valence-electron chi connectivity index (χ0n) is 14.7. The van der Waals surface area contributed by atoms with Crippen LogP contribution >= 0.6 is 0 Å². The van der Waals surface area contributed by atoms with Gasteiger partial charge in [-0.2, -0.15) is 13.2 Å². The molecule has 27 heavy (non-hydrogen) atoms. The van der Waals surface area contributed by atoms with Crippen LogP contribution < -0.4 is 4.90 Å². The predicted octanol–water partition coefficient (Wildman–Crippen LogP) is 3.51. The van der Waals surface area contributed by atoms with Crippen molar-refractivity contribution in [3.63, 3.8) is 0 Å². The summed E-state index contributed by atoms with van der Waals surface area (Å²) in [6, 6.07) is 12.0. The Hall–Kier alpha value is -2.57. The molecule has 0 N–H and O–H groups in total. The van der Waals surface area contributed by atoms with Gasteiger partial charge in [-0.05, 0) is 36.1 Å². The number of amides is 1. The number of aromatic nitrogens is 1. The highest BCUT2D eigenvalue weighted by atomic mass is 19.4. The molecule has 2 aliphatic heterocycles. The molecule has 0 bridgehead atoms. The molecule has 0 spiro atoms. The molecule has 2 aromatic rings. The highest BCUT2D eigenvalue weighted by Crippen LogP contribution is 2.31. The zero-order chi connectivity index (χ0) is 19.0. The summed E-state index contributed by atoms with van der Waals surface area (Å²) in [6.45, 7) is 2.24. The summed E-state index contributed by atoms with van der Waals surface area (Å²) in [5.74, 6) is 0.162. The van der Waals surface area contributed by atoms with Crippen molar-refractivity contribution in [2.24, 2.45) is 5.92 Å². The van der Waals surface area contributed by atoms with Crippen LogP contribution in [0.1, 0.15) is 23.2 Å². The Labute approximate surface area is 155 Å². The van der Waals surface area contributed by atoms with Crippen LogP contribution in [-0.4, -0.2) is 35.4 Å². The molecule has 2 aliphatic rings. The number of fused-ring (bicyclic) bond motifs is 1. The minimum Gasteiger partial charge on any atom is -0.356 e. The molecule has 0 aliphatic carbocycles. The highest BCUT2D eigenvalue weighted by molar-refractivity contribution is 5.80. The Morgan fingerprint density at radius 1 is 1.04 bits per heavy atom. The number of benzene rings is 1. The van der Waals surface area contributed by atoms with Gasteiger partial charge in [-0.3, -0.25) is 4.79 Å². The largest absolute Gasteiger partial charge is 0.433 e. The zero-order valence-corrected chi connectivity index (χ0v) is 14.7. The molecule has 0 saturated carbocycles.